The van der Waals surface area contributed by atoms with Crippen LogP contribution in [-0.4, -0.2) is 43.8 Å². The van der Waals surface area contributed by atoms with Crippen LogP contribution in [0.25, 0.3) is 0 Å². The van der Waals surface area contributed by atoms with Gasteiger partial charge in [-0.2, -0.15) is 5.10 Å². The molecule has 0 heterocycles. The zero-order valence-electron chi connectivity index (χ0n) is 16.4. The lowest BCUT2D eigenvalue weighted by molar-refractivity contribution is -0.118. The molecule has 0 aliphatic heterocycles. The highest BCUT2D eigenvalue weighted by molar-refractivity contribution is 6.08. The molecule has 1 amide bonds. The molecule has 2 rings (SSSR count). The van der Waals surface area contributed by atoms with Gasteiger partial charge in [-0.25, -0.2) is 0 Å². The first-order valence-corrected chi connectivity index (χ1v) is 9.03. The molecule has 27 heavy (non-hydrogen) atoms. The van der Waals surface area contributed by atoms with Crippen molar-refractivity contribution in [2.24, 2.45) is 11.0 Å². The number of ether oxygens (including phenoxy) is 1. The predicted molar refractivity (Wildman–Crippen MR) is 111 cm³/mol. The third kappa shape index (κ3) is 6.75. The molecule has 2 aromatic rings. The van der Waals surface area contributed by atoms with Gasteiger partial charge in [-0.05, 0) is 64.3 Å². The fourth-order valence-electron chi connectivity index (χ4n) is 2.54. The van der Waals surface area contributed by atoms with Crippen LogP contribution in [0.15, 0.2) is 59.7 Å². The summed E-state index contributed by atoms with van der Waals surface area (Å²) >= 11 is 0. The molecule has 0 saturated heterocycles. The molecule has 0 spiro atoms. The van der Waals surface area contributed by atoms with Crippen LogP contribution in [0.1, 0.15) is 13.8 Å². The molecule has 0 aliphatic rings. The molecule has 0 fully saturated rings. The van der Waals surface area contributed by atoms with E-state index in [1.165, 1.54) is 0 Å². The number of carbonyl (C=O) groups is 1. The van der Waals surface area contributed by atoms with Crippen molar-refractivity contribution in [2.45, 2.75) is 13.8 Å². The normalized spacial score (nSPS) is 12.6. The number of hydrogen-bond acceptors (Lipinski definition) is 5. The van der Waals surface area contributed by atoms with Gasteiger partial charge >= 0.3 is 0 Å². The van der Waals surface area contributed by atoms with Crippen molar-refractivity contribution in [1.29, 1.82) is 0 Å². The molecule has 6 heteroatoms. The van der Waals surface area contributed by atoms with Crippen LogP contribution in [0.3, 0.4) is 0 Å². The minimum Gasteiger partial charge on any atom is -0.494 e. The second kappa shape index (κ2) is 10.3. The minimum atomic E-state index is -0.372. The number of amides is 1. The summed E-state index contributed by atoms with van der Waals surface area (Å²) < 4.78 is 5.43. The summed E-state index contributed by atoms with van der Waals surface area (Å²) in [6.07, 6.45) is 0. The Balaban J connectivity index is 2.08. The van der Waals surface area contributed by atoms with Crippen molar-refractivity contribution in [3.8, 4) is 5.75 Å². The molecule has 0 radical (unpaired) electrons. The molecule has 1 atom stereocenters. The van der Waals surface area contributed by atoms with Gasteiger partial charge in [0, 0.05) is 17.9 Å². The third-order valence-corrected chi connectivity index (χ3v) is 3.94. The lowest BCUT2D eigenvalue weighted by atomic mass is 10.0. The SMILES string of the molecule is CCOc1ccc(NC(=O)C(CN(C)C)C(C)=NNc2ccccc2)cc1. The summed E-state index contributed by atoms with van der Waals surface area (Å²) in [5.74, 6) is 0.317. The number of hydrogen-bond donors (Lipinski definition) is 2. The summed E-state index contributed by atoms with van der Waals surface area (Å²) in [6, 6.07) is 17.0. The van der Waals surface area contributed by atoms with Crippen LogP contribution < -0.4 is 15.5 Å². The van der Waals surface area contributed by atoms with E-state index in [0.717, 1.165) is 22.8 Å². The summed E-state index contributed by atoms with van der Waals surface area (Å²) in [5.41, 5.74) is 5.34. The van der Waals surface area contributed by atoms with Crippen molar-refractivity contribution < 1.29 is 9.53 Å². The highest BCUT2D eigenvalue weighted by Crippen LogP contribution is 2.17. The van der Waals surface area contributed by atoms with Gasteiger partial charge in [0.05, 0.1) is 18.2 Å². The van der Waals surface area contributed by atoms with E-state index in [1.807, 2.05) is 87.4 Å². The van der Waals surface area contributed by atoms with Gasteiger partial charge in [0.1, 0.15) is 5.75 Å². The molecular formula is C21H28N4O2. The first kappa shape index (κ1) is 20.5. The van der Waals surface area contributed by atoms with Crippen molar-refractivity contribution in [3.05, 3.63) is 54.6 Å². The summed E-state index contributed by atoms with van der Waals surface area (Å²) in [4.78, 5) is 14.8. The largest absolute Gasteiger partial charge is 0.494 e. The molecule has 2 N–H and O–H groups in total. The second-order valence-corrected chi connectivity index (χ2v) is 6.49. The Morgan fingerprint density at radius 2 is 1.74 bits per heavy atom. The Kier molecular flexibility index (Phi) is 7.82. The Morgan fingerprint density at radius 1 is 1.07 bits per heavy atom. The van der Waals surface area contributed by atoms with Crippen LogP contribution >= 0.6 is 0 Å². The molecule has 0 aliphatic carbocycles. The number of carbonyl (C=O) groups excluding carboxylic acids is 1. The Hall–Kier alpha value is -2.86. The highest BCUT2D eigenvalue weighted by Gasteiger charge is 2.23. The Bertz CT molecular complexity index is 743. The lowest BCUT2D eigenvalue weighted by Crippen LogP contribution is -2.36. The van der Waals surface area contributed by atoms with Crippen molar-refractivity contribution in [3.63, 3.8) is 0 Å². The van der Waals surface area contributed by atoms with Gasteiger partial charge in [0.2, 0.25) is 5.91 Å². The van der Waals surface area contributed by atoms with Crippen LogP contribution in [0, 0.1) is 5.92 Å². The van der Waals surface area contributed by atoms with Gasteiger partial charge in [0.15, 0.2) is 0 Å². The zero-order chi connectivity index (χ0) is 19.6. The monoisotopic (exact) mass is 368 g/mol. The fraction of sp³-hybridized carbons (Fsp3) is 0.333. The average molecular weight is 368 g/mol. The van der Waals surface area contributed by atoms with E-state index in [0.29, 0.717) is 13.2 Å². The zero-order valence-corrected chi connectivity index (χ0v) is 16.4. The van der Waals surface area contributed by atoms with Crippen LogP contribution in [0.4, 0.5) is 11.4 Å². The highest BCUT2D eigenvalue weighted by atomic mass is 16.5. The molecule has 0 aromatic heterocycles. The van der Waals surface area contributed by atoms with E-state index in [9.17, 15) is 4.79 Å². The molecule has 2 aromatic carbocycles. The number of hydrazone groups is 1. The number of benzene rings is 2. The van der Waals surface area contributed by atoms with E-state index in [1.54, 1.807) is 0 Å². The summed E-state index contributed by atoms with van der Waals surface area (Å²) in [5, 5.41) is 7.37. The number of rotatable bonds is 9. The molecule has 6 nitrogen and oxygen atoms in total. The first-order valence-electron chi connectivity index (χ1n) is 9.03. The maximum absolute atomic E-state index is 12.8. The minimum absolute atomic E-state index is 0.0935. The molecule has 0 bridgehead atoms. The summed E-state index contributed by atoms with van der Waals surface area (Å²) in [7, 11) is 3.88. The standard InChI is InChI=1S/C21H28N4O2/c1-5-27-19-13-11-17(12-14-19)22-21(26)20(15-25(3)4)16(2)23-24-18-9-7-6-8-10-18/h6-14,20,24H,5,15H2,1-4H3,(H,22,26). The number of para-hydroxylation sites is 1. The second-order valence-electron chi connectivity index (χ2n) is 6.49. The van der Waals surface area contributed by atoms with E-state index in [4.69, 9.17) is 4.74 Å². The van der Waals surface area contributed by atoms with E-state index < -0.39 is 0 Å². The predicted octanol–water partition coefficient (Wildman–Crippen LogP) is 3.69. The van der Waals surface area contributed by atoms with E-state index in [-0.39, 0.29) is 11.8 Å². The smallest absolute Gasteiger partial charge is 0.234 e. The van der Waals surface area contributed by atoms with Crippen molar-refractivity contribution in [1.82, 2.24) is 4.90 Å². The maximum Gasteiger partial charge on any atom is 0.234 e. The van der Waals surface area contributed by atoms with E-state index >= 15 is 0 Å². The van der Waals surface area contributed by atoms with Gasteiger partial charge in [-0.15, -0.1) is 0 Å². The first-order chi connectivity index (χ1) is 13.0. The summed E-state index contributed by atoms with van der Waals surface area (Å²) in [6.45, 7) is 4.98. The van der Waals surface area contributed by atoms with E-state index in [2.05, 4.69) is 15.8 Å². The lowest BCUT2D eigenvalue weighted by Gasteiger charge is -2.20. The third-order valence-electron chi connectivity index (χ3n) is 3.94. The molecular weight excluding hydrogens is 340 g/mol. The molecule has 144 valence electrons. The quantitative estimate of drug-likeness (QED) is 0.523. The Morgan fingerprint density at radius 3 is 2.33 bits per heavy atom. The van der Waals surface area contributed by atoms with Gasteiger partial charge in [-0.1, -0.05) is 18.2 Å². The van der Waals surface area contributed by atoms with Gasteiger partial charge in [0.25, 0.3) is 0 Å². The Labute approximate surface area is 161 Å². The average Bonchev–Trinajstić information content (AvgIpc) is 2.66. The van der Waals surface area contributed by atoms with Crippen LogP contribution in [0.5, 0.6) is 5.75 Å². The number of anilines is 2. The van der Waals surface area contributed by atoms with Gasteiger partial charge in [-0.3, -0.25) is 10.2 Å². The number of nitrogens with zero attached hydrogens (tertiary/aromatic N) is 2. The van der Waals surface area contributed by atoms with Crippen molar-refractivity contribution in [2.75, 3.05) is 38.0 Å². The fourth-order valence-corrected chi connectivity index (χ4v) is 2.54. The van der Waals surface area contributed by atoms with Crippen molar-refractivity contribution >= 4 is 23.0 Å². The topological polar surface area (TPSA) is 66.0 Å². The molecule has 0 saturated carbocycles. The van der Waals surface area contributed by atoms with Gasteiger partial charge < -0.3 is 15.0 Å². The van der Waals surface area contributed by atoms with Crippen LogP contribution in [0.2, 0.25) is 0 Å². The van der Waals surface area contributed by atoms with Crippen LogP contribution in [-0.2, 0) is 4.79 Å². The number of nitrogens with one attached hydrogen (secondary N) is 2. The maximum atomic E-state index is 12.8. The molecule has 1 unspecified atom stereocenters.